The molecular weight excluding hydrogens is 62.1 g/mol. The van der Waals surface area contributed by atoms with Crippen molar-refractivity contribution in [2.24, 2.45) is 11.7 Å². The molecule has 0 bridgehead atoms. The Morgan fingerprint density at radius 1 is 1.60 bits per heavy atom. The van der Waals surface area contributed by atoms with Crippen LogP contribution in [0.15, 0.2) is 0 Å². The highest BCUT2D eigenvalue weighted by Crippen LogP contribution is 1.79. The summed E-state index contributed by atoms with van der Waals surface area (Å²) in [5.74, 6) is 0.162. The van der Waals surface area contributed by atoms with Gasteiger partial charge in [-0.1, -0.05) is 0 Å². The summed E-state index contributed by atoms with van der Waals surface area (Å²) in [6, 6.07) is 0. The fraction of sp³-hybridized carbons (Fsp3) is 0.500. The van der Waals surface area contributed by atoms with E-state index in [2.05, 4.69) is 13.8 Å². The van der Waals surface area contributed by atoms with Crippen molar-refractivity contribution in [3.05, 3.63) is 13.8 Å². The Labute approximate surface area is 33.2 Å². The summed E-state index contributed by atoms with van der Waals surface area (Å²) < 4.78 is 0. The molecule has 0 atom stereocenters. The van der Waals surface area contributed by atoms with Crippen molar-refractivity contribution in [2.45, 2.75) is 0 Å². The number of nitrogens with two attached hydrogens (primary N) is 1. The summed E-state index contributed by atoms with van der Waals surface area (Å²) in [4.78, 5) is 0. The van der Waals surface area contributed by atoms with Crippen molar-refractivity contribution in [1.29, 1.82) is 0 Å². The van der Waals surface area contributed by atoms with Crippen LogP contribution in [0.25, 0.3) is 0 Å². The normalized spacial score (nSPS) is 9.60. The van der Waals surface area contributed by atoms with E-state index in [1.807, 2.05) is 0 Å². The van der Waals surface area contributed by atoms with E-state index in [9.17, 15) is 0 Å². The molecule has 2 radical (unpaired) electrons. The number of rotatable bonds is 1. The summed E-state index contributed by atoms with van der Waals surface area (Å²) in [6.07, 6.45) is 0. The molecule has 5 heavy (non-hydrogen) atoms. The van der Waals surface area contributed by atoms with Crippen molar-refractivity contribution >= 4 is 0 Å². The maximum absolute atomic E-state index is 5.05. The van der Waals surface area contributed by atoms with Gasteiger partial charge in [0, 0.05) is 0 Å². The van der Waals surface area contributed by atoms with Gasteiger partial charge < -0.3 is 5.73 Å². The molecule has 0 saturated carbocycles. The summed E-state index contributed by atoms with van der Waals surface area (Å²) in [5, 5.41) is 0. The lowest BCUT2D eigenvalue weighted by Gasteiger charge is -1.90. The minimum absolute atomic E-state index is 0.162. The summed E-state index contributed by atoms with van der Waals surface area (Å²) in [5.41, 5.74) is 5.05. The van der Waals surface area contributed by atoms with E-state index in [0.29, 0.717) is 6.54 Å². The average molecular weight is 71.1 g/mol. The molecule has 0 aliphatic rings. The average Bonchev–Trinajstić information content (AvgIpc) is 1.38. The minimum Gasteiger partial charge on any atom is -0.330 e. The molecule has 1 nitrogen and oxygen atoms in total. The lowest BCUT2D eigenvalue weighted by atomic mass is 10.2. The first-order valence-corrected chi connectivity index (χ1v) is 1.63. The largest absolute Gasteiger partial charge is 0.330 e. The van der Waals surface area contributed by atoms with E-state index >= 15 is 0 Å². The maximum Gasteiger partial charge on any atom is -0.00489 e. The Hall–Kier alpha value is -0.0400. The van der Waals surface area contributed by atoms with Gasteiger partial charge in [-0.25, -0.2) is 0 Å². The van der Waals surface area contributed by atoms with E-state index in [0.717, 1.165) is 0 Å². The summed E-state index contributed by atoms with van der Waals surface area (Å²) in [7, 11) is 0. The highest BCUT2D eigenvalue weighted by Gasteiger charge is 1.80. The lowest BCUT2D eigenvalue weighted by molar-refractivity contribution is 0.812. The zero-order valence-corrected chi connectivity index (χ0v) is 3.28. The van der Waals surface area contributed by atoms with E-state index in [4.69, 9.17) is 5.73 Å². The quantitative estimate of drug-likeness (QED) is 0.470. The molecule has 0 unspecified atom stereocenters. The molecule has 0 fully saturated rings. The maximum atomic E-state index is 5.05. The Morgan fingerprint density at radius 3 is 1.80 bits per heavy atom. The molecule has 0 saturated heterocycles. The predicted molar refractivity (Wildman–Crippen MR) is 23.3 cm³/mol. The van der Waals surface area contributed by atoms with Gasteiger partial charge in [0.15, 0.2) is 0 Å². The lowest BCUT2D eigenvalue weighted by Crippen LogP contribution is -2.06. The Morgan fingerprint density at radius 2 is 1.80 bits per heavy atom. The van der Waals surface area contributed by atoms with Crippen LogP contribution in [0.5, 0.6) is 0 Å². The molecule has 0 aromatic rings. The van der Waals surface area contributed by atoms with Crippen molar-refractivity contribution in [3.8, 4) is 0 Å². The van der Waals surface area contributed by atoms with Crippen LogP contribution in [0.4, 0.5) is 0 Å². The Balaban J connectivity index is 2.54. The van der Waals surface area contributed by atoms with Crippen LogP contribution >= 0.6 is 0 Å². The first-order chi connectivity index (χ1) is 2.27. The van der Waals surface area contributed by atoms with Gasteiger partial charge in [0.25, 0.3) is 0 Å². The molecule has 30 valence electrons. The van der Waals surface area contributed by atoms with Crippen LogP contribution in [0.3, 0.4) is 0 Å². The molecule has 0 rings (SSSR count). The van der Waals surface area contributed by atoms with E-state index in [1.165, 1.54) is 0 Å². The number of hydrogen-bond donors (Lipinski definition) is 1. The SMILES string of the molecule is [CH2]C([CH2])CN. The number of hydrogen-bond acceptors (Lipinski definition) is 1. The molecule has 0 heterocycles. The first-order valence-electron chi connectivity index (χ1n) is 1.63. The molecule has 0 spiro atoms. The third-order valence-electron chi connectivity index (χ3n) is 0.333. The van der Waals surface area contributed by atoms with Crippen molar-refractivity contribution in [1.82, 2.24) is 0 Å². The van der Waals surface area contributed by atoms with Crippen molar-refractivity contribution in [2.75, 3.05) is 6.54 Å². The molecule has 0 aliphatic carbocycles. The van der Waals surface area contributed by atoms with Crippen LogP contribution < -0.4 is 5.73 Å². The molecule has 1 heteroatoms. The Kier molecular flexibility index (Phi) is 2.19. The van der Waals surface area contributed by atoms with Crippen LogP contribution in [0.1, 0.15) is 0 Å². The van der Waals surface area contributed by atoms with Crippen LogP contribution in [0.2, 0.25) is 0 Å². The van der Waals surface area contributed by atoms with Gasteiger partial charge in [-0.15, -0.1) is 0 Å². The Bertz CT molecular complexity index is 17.6. The smallest absolute Gasteiger partial charge is 0.00489 e. The first kappa shape index (κ1) is 4.96. The molecule has 0 aromatic carbocycles. The van der Waals surface area contributed by atoms with Crippen molar-refractivity contribution < 1.29 is 0 Å². The zero-order valence-electron chi connectivity index (χ0n) is 3.28. The van der Waals surface area contributed by atoms with Gasteiger partial charge in [0.05, 0.1) is 0 Å². The standard InChI is InChI=1S/C4H9N/c1-4(2)3-5/h4H,1-3,5H2. The van der Waals surface area contributed by atoms with Gasteiger partial charge in [-0.05, 0) is 26.3 Å². The highest BCUT2D eigenvalue weighted by molar-refractivity contribution is 4.61. The molecule has 0 amide bonds. The van der Waals surface area contributed by atoms with E-state index in [-0.39, 0.29) is 5.92 Å². The van der Waals surface area contributed by atoms with Gasteiger partial charge in [0.2, 0.25) is 0 Å². The van der Waals surface area contributed by atoms with Gasteiger partial charge in [-0.2, -0.15) is 0 Å². The minimum atomic E-state index is 0.162. The van der Waals surface area contributed by atoms with Crippen LogP contribution in [-0.2, 0) is 0 Å². The van der Waals surface area contributed by atoms with E-state index in [1.54, 1.807) is 0 Å². The van der Waals surface area contributed by atoms with Gasteiger partial charge >= 0.3 is 0 Å². The van der Waals surface area contributed by atoms with Gasteiger partial charge in [0.1, 0.15) is 0 Å². The van der Waals surface area contributed by atoms with Crippen LogP contribution in [-0.4, -0.2) is 6.54 Å². The molecule has 0 aliphatic heterocycles. The predicted octanol–water partition coefficient (Wildman–Crippen LogP) is 0.229. The second-order valence-electron chi connectivity index (χ2n) is 1.10. The monoisotopic (exact) mass is 71.1 g/mol. The van der Waals surface area contributed by atoms with E-state index < -0.39 is 0 Å². The van der Waals surface area contributed by atoms with Crippen molar-refractivity contribution in [3.63, 3.8) is 0 Å². The second-order valence-corrected chi connectivity index (χ2v) is 1.10. The second kappa shape index (κ2) is 2.21. The fourth-order valence-electron chi connectivity index (χ4n) is 0. The topological polar surface area (TPSA) is 26.0 Å². The zero-order chi connectivity index (χ0) is 4.28. The van der Waals surface area contributed by atoms with Crippen LogP contribution in [0, 0.1) is 19.8 Å². The third-order valence-corrected chi connectivity index (χ3v) is 0.333. The summed E-state index contributed by atoms with van der Waals surface area (Å²) >= 11 is 0. The molecule has 2 N–H and O–H groups in total. The third kappa shape index (κ3) is 3.96. The highest BCUT2D eigenvalue weighted by atomic mass is 14.5. The fourth-order valence-corrected chi connectivity index (χ4v) is 0. The van der Waals surface area contributed by atoms with Gasteiger partial charge in [-0.3, -0.25) is 0 Å². The molecule has 0 aromatic heterocycles. The summed E-state index contributed by atoms with van der Waals surface area (Å²) in [6.45, 7) is 7.62. The molecular formula is C4H9N.